The van der Waals surface area contributed by atoms with Crippen molar-refractivity contribution < 1.29 is 5.21 Å². The maximum Gasteiger partial charge on any atom is 0.144 e. The minimum Gasteiger partial charge on any atom is -0.409 e. The number of hydrogen-bond acceptors (Lipinski definition) is 3. The third-order valence-electron chi connectivity index (χ3n) is 2.79. The summed E-state index contributed by atoms with van der Waals surface area (Å²) >= 11 is 0. The molecule has 0 amide bonds. The molecule has 0 atom stereocenters. The standard InChI is InChI=1S/C10H21N3O/c1-10(2,9(11)13-14)6-3-7-12-8-4-5-8/h8,12,14H,3-7H2,1-2H3,(H2,11,13). The van der Waals surface area contributed by atoms with Crippen LogP contribution in [0.4, 0.5) is 0 Å². The maximum atomic E-state index is 8.57. The molecule has 1 fully saturated rings. The largest absolute Gasteiger partial charge is 0.409 e. The van der Waals surface area contributed by atoms with Crippen molar-refractivity contribution in [3.63, 3.8) is 0 Å². The Labute approximate surface area is 85.6 Å². The molecular formula is C10H21N3O. The first-order valence-corrected chi connectivity index (χ1v) is 5.27. The van der Waals surface area contributed by atoms with Crippen molar-refractivity contribution in [3.8, 4) is 0 Å². The second-order valence-electron chi connectivity index (χ2n) is 4.70. The van der Waals surface area contributed by atoms with Gasteiger partial charge < -0.3 is 16.3 Å². The molecule has 0 spiro atoms. The third kappa shape index (κ3) is 3.54. The number of rotatable bonds is 6. The number of hydrogen-bond donors (Lipinski definition) is 3. The summed E-state index contributed by atoms with van der Waals surface area (Å²) in [7, 11) is 0. The van der Waals surface area contributed by atoms with Gasteiger partial charge in [0.15, 0.2) is 0 Å². The van der Waals surface area contributed by atoms with E-state index >= 15 is 0 Å². The molecular weight excluding hydrogens is 178 g/mol. The third-order valence-corrected chi connectivity index (χ3v) is 2.79. The highest BCUT2D eigenvalue weighted by Gasteiger charge is 2.24. The monoisotopic (exact) mass is 199 g/mol. The van der Waals surface area contributed by atoms with Crippen LogP contribution in [-0.4, -0.2) is 23.6 Å². The highest BCUT2D eigenvalue weighted by Crippen LogP contribution is 2.23. The predicted octanol–water partition coefficient (Wildman–Crippen LogP) is 1.29. The summed E-state index contributed by atoms with van der Waals surface area (Å²) < 4.78 is 0. The van der Waals surface area contributed by atoms with E-state index in [4.69, 9.17) is 10.9 Å². The smallest absolute Gasteiger partial charge is 0.144 e. The van der Waals surface area contributed by atoms with E-state index in [1.165, 1.54) is 12.8 Å². The minimum atomic E-state index is -0.194. The van der Waals surface area contributed by atoms with Gasteiger partial charge in [0.1, 0.15) is 5.84 Å². The molecule has 0 radical (unpaired) electrons. The molecule has 0 unspecified atom stereocenters. The highest BCUT2D eigenvalue weighted by molar-refractivity contribution is 5.85. The molecule has 0 saturated heterocycles. The maximum absolute atomic E-state index is 8.57. The molecule has 0 aromatic heterocycles. The van der Waals surface area contributed by atoms with Gasteiger partial charge in [-0.2, -0.15) is 0 Å². The van der Waals surface area contributed by atoms with Crippen LogP contribution >= 0.6 is 0 Å². The first-order valence-electron chi connectivity index (χ1n) is 5.27. The van der Waals surface area contributed by atoms with Crippen LogP contribution in [0.3, 0.4) is 0 Å². The lowest BCUT2D eigenvalue weighted by atomic mass is 9.86. The minimum absolute atomic E-state index is 0.194. The normalized spacial score (nSPS) is 18.6. The van der Waals surface area contributed by atoms with Gasteiger partial charge in [-0.1, -0.05) is 19.0 Å². The quantitative estimate of drug-likeness (QED) is 0.198. The summed E-state index contributed by atoms with van der Waals surface area (Å²) in [5.74, 6) is 0.323. The lowest BCUT2D eigenvalue weighted by Gasteiger charge is -2.22. The topological polar surface area (TPSA) is 70.6 Å². The van der Waals surface area contributed by atoms with E-state index in [0.717, 1.165) is 25.4 Å². The average molecular weight is 199 g/mol. The van der Waals surface area contributed by atoms with Crippen LogP contribution in [0.1, 0.15) is 39.5 Å². The van der Waals surface area contributed by atoms with Gasteiger partial charge >= 0.3 is 0 Å². The molecule has 0 bridgehead atoms. The van der Waals surface area contributed by atoms with E-state index in [0.29, 0.717) is 5.84 Å². The molecule has 4 heteroatoms. The first kappa shape index (κ1) is 11.3. The van der Waals surface area contributed by atoms with Crippen molar-refractivity contribution in [2.75, 3.05) is 6.54 Å². The second-order valence-corrected chi connectivity index (χ2v) is 4.70. The number of oxime groups is 1. The van der Waals surface area contributed by atoms with Crippen molar-refractivity contribution in [2.24, 2.45) is 16.3 Å². The second kappa shape index (κ2) is 4.64. The molecule has 0 aliphatic heterocycles. The van der Waals surface area contributed by atoms with Gasteiger partial charge in [-0.3, -0.25) is 0 Å². The van der Waals surface area contributed by atoms with Gasteiger partial charge in [-0.05, 0) is 32.2 Å². The van der Waals surface area contributed by atoms with E-state index in [-0.39, 0.29) is 5.41 Å². The van der Waals surface area contributed by atoms with E-state index in [2.05, 4.69) is 10.5 Å². The van der Waals surface area contributed by atoms with Crippen LogP contribution in [0.15, 0.2) is 5.16 Å². The summed E-state index contributed by atoms with van der Waals surface area (Å²) in [5.41, 5.74) is 5.39. The van der Waals surface area contributed by atoms with Gasteiger partial charge in [0, 0.05) is 11.5 Å². The molecule has 1 aliphatic rings. The fraction of sp³-hybridized carbons (Fsp3) is 0.900. The van der Waals surface area contributed by atoms with Crippen LogP contribution in [0.5, 0.6) is 0 Å². The molecule has 4 N–H and O–H groups in total. The molecule has 1 rings (SSSR count). The zero-order valence-corrected chi connectivity index (χ0v) is 9.08. The van der Waals surface area contributed by atoms with Gasteiger partial charge in [0.05, 0.1) is 0 Å². The zero-order valence-electron chi connectivity index (χ0n) is 9.08. The Bertz CT molecular complexity index is 209. The molecule has 0 aromatic rings. The fourth-order valence-electron chi connectivity index (χ4n) is 1.39. The number of nitrogens with two attached hydrogens (primary N) is 1. The molecule has 0 aromatic carbocycles. The SMILES string of the molecule is CC(C)(CCCNC1CC1)C(N)=NO. The molecule has 1 aliphatic carbocycles. The zero-order chi connectivity index (χ0) is 10.6. The number of amidine groups is 1. The van der Waals surface area contributed by atoms with Crippen molar-refractivity contribution in [2.45, 2.75) is 45.6 Å². The first-order chi connectivity index (χ1) is 6.56. The molecule has 4 nitrogen and oxygen atoms in total. The summed E-state index contributed by atoms with van der Waals surface area (Å²) in [6.45, 7) is 5.03. The summed E-state index contributed by atoms with van der Waals surface area (Å²) in [5, 5.41) is 15.1. The average Bonchev–Trinajstić information content (AvgIpc) is 2.94. The molecule has 14 heavy (non-hydrogen) atoms. The number of nitrogens with one attached hydrogen (secondary N) is 1. The van der Waals surface area contributed by atoms with Crippen LogP contribution in [0.25, 0.3) is 0 Å². The van der Waals surface area contributed by atoms with E-state index < -0.39 is 0 Å². The summed E-state index contributed by atoms with van der Waals surface area (Å²) in [4.78, 5) is 0. The summed E-state index contributed by atoms with van der Waals surface area (Å²) in [6.07, 6.45) is 4.66. The molecule has 82 valence electrons. The Balaban J connectivity index is 2.14. The van der Waals surface area contributed by atoms with Crippen molar-refractivity contribution in [1.82, 2.24) is 5.32 Å². The van der Waals surface area contributed by atoms with Crippen molar-refractivity contribution >= 4 is 5.84 Å². The van der Waals surface area contributed by atoms with Crippen LogP contribution < -0.4 is 11.1 Å². The van der Waals surface area contributed by atoms with E-state index in [1.54, 1.807) is 0 Å². The van der Waals surface area contributed by atoms with Gasteiger partial charge in [0.2, 0.25) is 0 Å². The highest BCUT2D eigenvalue weighted by atomic mass is 16.4. The van der Waals surface area contributed by atoms with Crippen molar-refractivity contribution in [1.29, 1.82) is 0 Å². The molecule has 0 heterocycles. The Kier molecular flexibility index (Phi) is 3.75. The van der Waals surface area contributed by atoms with Crippen LogP contribution in [0, 0.1) is 5.41 Å². The Morgan fingerprint density at radius 1 is 1.57 bits per heavy atom. The fourth-order valence-corrected chi connectivity index (χ4v) is 1.39. The molecule has 1 saturated carbocycles. The van der Waals surface area contributed by atoms with E-state index in [1.807, 2.05) is 13.8 Å². The number of nitrogens with zero attached hydrogens (tertiary/aromatic N) is 1. The van der Waals surface area contributed by atoms with Gasteiger partial charge in [0.25, 0.3) is 0 Å². The Morgan fingerprint density at radius 3 is 2.71 bits per heavy atom. The Morgan fingerprint density at radius 2 is 2.21 bits per heavy atom. The van der Waals surface area contributed by atoms with Crippen molar-refractivity contribution in [3.05, 3.63) is 0 Å². The van der Waals surface area contributed by atoms with Gasteiger partial charge in [-0.25, -0.2) is 0 Å². The summed E-state index contributed by atoms with van der Waals surface area (Å²) in [6, 6.07) is 0.766. The van der Waals surface area contributed by atoms with Crippen LogP contribution in [-0.2, 0) is 0 Å². The van der Waals surface area contributed by atoms with Gasteiger partial charge in [-0.15, -0.1) is 0 Å². The predicted molar refractivity (Wildman–Crippen MR) is 57.4 cm³/mol. The van der Waals surface area contributed by atoms with E-state index in [9.17, 15) is 0 Å². The van der Waals surface area contributed by atoms with Crippen LogP contribution in [0.2, 0.25) is 0 Å². The lowest BCUT2D eigenvalue weighted by Crippen LogP contribution is -2.32. The Hall–Kier alpha value is -0.770. The lowest BCUT2D eigenvalue weighted by molar-refractivity contribution is 0.304.